The zero-order valence-electron chi connectivity index (χ0n) is 10.0. The number of benzene rings is 1. The van der Waals surface area contributed by atoms with Crippen molar-refractivity contribution in [2.45, 2.75) is 6.54 Å². The third kappa shape index (κ3) is 3.21. The van der Waals surface area contributed by atoms with Gasteiger partial charge in [-0.1, -0.05) is 15.9 Å². The number of hydrogen-bond donors (Lipinski definition) is 2. The summed E-state index contributed by atoms with van der Waals surface area (Å²) in [5, 5.41) is 14.8. The minimum absolute atomic E-state index is 0.00118. The number of carboxylic acids is 1. The van der Waals surface area contributed by atoms with Gasteiger partial charge in [0.1, 0.15) is 18.1 Å². The van der Waals surface area contributed by atoms with E-state index in [1.54, 1.807) is 6.07 Å². The Morgan fingerprint density at radius 1 is 1.40 bits per heavy atom. The number of hydrogen-bond acceptors (Lipinski definition) is 3. The predicted octanol–water partition coefficient (Wildman–Crippen LogP) is 2.12. The molecule has 0 unspecified atom stereocenters. The largest absolute Gasteiger partial charge is 0.480 e. The summed E-state index contributed by atoms with van der Waals surface area (Å²) in [6.45, 7) is -0.446. The number of rotatable bonds is 4. The molecule has 0 saturated heterocycles. The lowest BCUT2D eigenvalue weighted by atomic mass is 10.3. The van der Waals surface area contributed by atoms with Crippen molar-refractivity contribution in [3.63, 3.8) is 0 Å². The summed E-state index contributed by atoms with van der Waals surface area (Å²) in [4.78, 5) is 22.6. The molecule has 104 valence electrons. The molecule has 1 aromatic heterocycles. The van der Waals surface area contributed by atoms with Gasteiger partial charge in [-0.25, -0.2) is 9.07 Å². The van der Waals surface area contributed by atoms with Gasteiger partial charge in [-0.2, -0.15) is 5.10 Å². The molecule has 2 N–H and O–H groups in total. The van der Waals surface area contributed by atoms with Crippen LogP contribution in [0.4, 0.5) is 10.1 Å². The lowest BCUT2D eigenvalue weighted by Gasteiger charge is -2.08. The number of carbonyl (C=O) groups excluding carboxylic acids is 1. The first-order valence-corrected chi connectivity index (χ1v) is 6.26. The van der Waals surface area contributed by atoms with Crippen molar-refractivity contribution in [3.05, 3.63) is 46.4 Å². The van der Waals surface area contributed by atoms with Crippen LogP contribution in [0.15, 0.2) is 34.9 Å². The maximum atomic E-state index is 13.6. The number of nitrogens with zero attached hydrogens (tertiary/aromatic N) is 2. The Bertz CT molecular complexity index is 672. The molecule has 2 rings (SSSR count). The van der Waals surface area contributed by atoms with Crippen molar-refractivity contribution < 1.29 is 19.1 Å². The van der Waals surface area contributed by atoms with Crippen molar-refractivity contribution in [2.75, 3.05) is 5.32 Å². The topological polar surface area (TPSA) is 84.2 Å². The van der Waals surface area contributed by atoms with Crippen LogP contribution < -0.4 is 5.32 Å². The minimum Gasteiger partial charge on any atom is -0.480 e. The van der Waals surface area contributed by atoms with Crippen LogP contribution in [0.1, 0.15) is 10.5 Å². The number of anilines is 1. The summed E-state index contributed by atoms with van der Waals surface area (Å²) in [6.07, 6.45) is 1.30. The number of aromatic nitrogens is 2. The monoisotopic (exact) mass is 341 g/mol. The first kappa shape index (κ1) is 14.2. The van der Waals surface area contributed by atoms with Crippen LogP contribution in [0.25, 0.3) is 0 Å². The van der Waals surface area contributed by atoms with Crippen LogP contribution in [0, 0.1) is 5.82 Å². The molecule has 8 heteroatoms. The van der Waals surface area contributed by atoms with Crippen LogP contribution in [-0.2, 0) is 11.3 Å². The first-order chi connectivity index (χ1) is 9.47. The van der Waals surface area contributed by atoms with Gasteiger partial charge in [-0.3, -0.25) is 9.59 Å². The van der Waals surface area contributed by atoms with E-state index in [9.17, 15) is 14.0 Å². The van der Waals surface area contributed by atoms with Crippen LogP contribution in [0.3, 0.4) is 0 Å². The summed E-state index contributed by atoms with van der Waals surface area (Å²) in [6, 6.07) is 5.54. The van der Waals surface area contributed by atoms with E-state index in [1.807, 2.05) is 0 Å². The van der Waals surface area contributed by atoms with Gasteiger partial charge in [-0.15, -0.1) is 0 Å². The second kappa shape index (κ2) is 5.83. The van der Waals surface area contributed by atoms with Crippen LogP contribution in [0.5, 0.6) is 0 Å². The molecule has 0 aliphatic heterocycles. The highest BCUT2D eigenvalue weighted by molar-refractivity contribution is 9.10. The second-order valence-corrected chi connectivity index (χ2v) is 4.76. The molecule has 0 aliphatic rings. The molecule has 20 heavy (non-hydrogen) atoms. The molecule has 0 spiro atoms. The van der Waals surface area contributed by atoms with E-state index >= 15 is 0 Å². The Morgan fingerprint density at radius 3 is 2.80 bits per heavy atom. The van der Waals surface area contributed by atoms with Crippen LogP contribution >= 0.6 is 15.9 Å². The Labute approximate surface area is 121 Å². The van der Waals surface area contributed by atoms with Crippen molar-refractivity contribution in [3.8, 4) is 0 Å². The molecule has 0 bridgehead atoms. The van der Waals surface area contributed by atoms with Gasteiger partial charge in [0.2, 0.25) is 0 Å². The molecule has 0 aliphatic carbocycles. The van der Waals surface area contributed by atoms with E-state index in [-0.39, 0.29) is 11.4 Å². The highest BCUT2D eigenvalue weighted by Gasteiger charge is 2.15. The first-order valence-electron chi connectivity index (χ1n) is 5.47. The smallest absolute Gasteiger partial charge is 0.325 e. The van der Waals surface area contributed by atoms with Gasteiger partial charge >= 0.3 is 5.97 Å². The molecule has 1 aromatic carbocycles. The summed E-state index contributed by atoms with van der Waals surface area (Å²) in [7, 11) is 0. The highest BCUT2D eigenvalue weighted by atomic mass is 79.9. The van der Waals surface area contributed by atoms with Crippen molar-refractivity contribution >= 4 is 33.5 Å². The van der Waals surface area contributed by atoms with Crippen molar-refractivity contribution in [2.24, 2.45) is 0 Å². The van der Waals surface area contributed by atoms with Crippen LogP contribution in [-0.4, -0.2) is 26.8 Å². The van der Waals surface area contributed by atoms with E-state index < -0.39 is 24.2 Å². The Hall–Kier alpha value is -2.22. The molecule has 0 saturated carbocycles. The molecule has 1 heterocycles. The SMILES string of the molecule is O=C(O)Cn1nccc1C(=O)Nc1ccc(Br)cc1F. The predicted molar refractivity (Wildman–Crippen MR) is 71.9 cm³/mol. The normalized spacial score (nSPS) is 10.3. The molecule has 0 atom stereocenters. The second-order valence-electron chi connectivity index (χ2n) is 3.85. The van der Waals surface area contributed by atoms with Gasteiger partial charge < -0.3 is 10.4 Å². The zero-order valence-corrected chi connectivity index (χ0v) is 11.6. The summed E-state index contributed by atoms with van der Waals surface area (Å²) >= 11 is 3.11. The molecular weight excluding hydrogens is 333 g/mol. The molecule has 0 radical (unpaired) electrons. The number of nitrogens with one attached hydrogen (secondary N) is 1. The maximum absolute atomic E-state index is 13.6. The van der Waals surface area contributed by atoms with Gasteiger partial charge in [-0.05, 0) is 24.3 Å². The average molecular weight is 342 g/mol. The van der Waals surface area contributed by atoms with E-state index in [2.05, 4.69) is 26.3 Å². The van der Waals surface area contributed by atoms with Gasteiger partial charge in [0, 0.05) is 10.7 Å². The van der Waals surface area contributed by atoms with Gasteiger partial charge in [0.05, 0.1) is 5.69 Å². The molecule has 6 nitrogen and oxygen atoms in total. The Morgan fingerprint density at radius 2 is 2.15 bits per heavy atom. The van der Waals surface area contributed by atoms with Crippen molar-refractivity contribution in [1.29, 1.82) is 0 Å². The van der Waals surface area contributed by atoms with Gasteiger partial charge in [0.25, 0.3) is 5.91 Å². The summed E-state index contributed by atoms with van der Waals surface area (Å²) < 4.78 is 15.2. The average Bonchev–Trinajstić information content (AvgIpc) is 2.80. The number of aliphatic carboxylic acids is 1. The quantitative estimate of drug-likeness (QED) is 0.892. The van der Waals surface area contributed by atoms with E-state index in [1.165, 1.54) is 24.4 Å². The third-order valence-corrected chi connectivity index (χ3v) is 2.91. The summed E-state index contributed by atoms with van der Waals surface area (Å²) in [5.74, 6) is -2.36. The van der Waals surface area contributed by atoms with E-state index in [4.69, 9.17) is 5.11 Å². The molecule has 0 fully saturated rings. The fraction of sp³-hybridized carbons (Fsp3) is 0.0833. The maximum Gasteiger partial charge on any atom is 0.325 e. The van der Waals surface area contributed by atoms with E-state index in [0.29, 0.717) is 4.47 Å². The highest BCUT2D eigenvalue weighted by Crippen LogP contribution is 2.19. The van der Waals surface area contributed by atoms with E-state index in [0.717, 1.165) is 4.68 Å². The minimum atomic E-state index is -1.13. The number of carbonyl (C=O) groups is 2. The number of carboxylic acid groups (broad SMARTS) is 1. The van der Waals surface area contributed by atoms with Gasteiger partial charge in [0.15, 0.2) is 0 Å². The molecular formula is C12H9BrFN3O3. The molecule has 2 aromatic rings. The standard InChI is InChI=1S/C12H9BrFN3O3/c13-7-1-2-9(8(14)5-7)16-12(20)10-3-4-15-17(10)6-11(18)19/h1-5H,6H2,(H,16,20)(H,18,19). The fourth-order valence-electron chi connectivity index (χ4n) is 1.56. The number of amides is 1. The summed E-state index contributed by atoms with van der Waals surface area (Å²) in [5.41, 5.74) is 0.0380. The zero-order chi connectivity index (χ0) is 14.7. The Balaban J connectivity index is 2.20. The lowest BCUT2D eigenvalue weighted by Crippen LogP contribution is -2.21. The van der Waals surface area contributed by atoms with Crippen molar-refractivity contribution in [1.82, 2.24) is 9.78 Å². The lowest BCUT2D eigenvalue weighted by molar-refractivity contribution is -0.137. The van der Waals surface area contributed by atoms with Crippen LogP contribution in [0.2, 0.25) is 0 Å². The third-order valence-electron chi connectivity index (χ3n) is 2.41. The Kier molecular flexibility index (Phi) is 4.14. The number of halogens is 2. The fourth-order valence-corrected chi connectivity index (χ4v) is 1.89. The molecule has 1 amide bonds.